The first-order chi connectivity index (χ1) is 10.3. The molecular formula is C15H16N2O4S. The Balaban J connectivity index is 2.31. The van der Waals surface area contributed by atoms with Crippen LogP contribution in [0.2, 0.25) is 0 Å². The van der Waals surface area contributed by atoms with Gasteiger partial charge in [-0.25, -0.2) is 8.42 Å². The lowest BCUT2D eigenvalue weighted by atomic mass is 10.1. The number of nitrogens with zero attached hydrogens (tertiary/aromatic N) is 1. The lowest BCUT2D eigenvalue weighted by Gasteiger charge is -2.10. The molecule has 22 heavy (non-hydrogen) atoms. The fourth-order valence-corrected chi connectivity index (χ4v) is 2.68. The van der Waals surface area contributed by atoms with Crippen LogP contribution in [0.3, 0.4) is 0 Å². The monoisotopic (exact) mass is 320 g/mol. The molecule has 0 unspecified atom stereocenters. The average Bonchev–Trinajstić information content (AvgIpc) is 2.45. The van der Waals surface area contributed by atoms with Crippen molar-refractivity contribution >= 4 is 21.2 Å². The normalized spacial score (nSPS) is 11.2. The summed E-state index contributed by atoms with van der Waals surface area (Å²) in [5.74, 6) is 0. The average molecular weight is 320 g/mol. The molecule has 0 fully saturated rings. The molecule has 6 nitrogen and oxygen atoms in total. The third-order valence-corrected chi connectivity index (χ3v) is 4.43. The van der Waals surface area contributed by atoms with Gasteiger partial charge in [0.05, 0.1) is 9.82 Å². The van der Waals surface area contributed by atoms with E-state index >= 15 is 0 Å². The van der Waals surface area contributed by atoms with Crippen molar-refractivity contribution < 1.29 is 13.3 Å². The highest BCUT2D eigenvalue weighted by Crippen LogP contribution is 2.28. The first-order valence-corrected chi connectivity index (χ1v) is 8.45. The summed E-state index contributed by atoms with van der Waals surface area (Å²) in [7, 11) is -3.48. The van der Waals surface area contributed by atoms with E-state index in [9.17, 15) is 18.5 Å². The summed E-state index contributed by atoms with van der Waals surface area (Å²) in [6.45, 7) is 2.38. The lowest BCUT2D eigenvalue weighted by Crippen LogP contribution is -2.05. The Morgan fingerprint density at radius 2 is 1.86 bits per heavy atom. The smallest absolute Gasteiger partial charge is 0.293 e. The van der Waals surface area contributed by atoms with E-state index in [0.29, 0.717) is 12.2 Å². The second kappa shape index (κ2) is 6.15. The maximum atomic E-state index is 11.5. The Hall–Kier alpha value is -2.41. The van der Waals surface area contributed by atoms with Gasteiger partial charge in [-0.1, -0.05) is 24.3 Å². The van der Waals surface area contributed by atoms with E-state index in [1.165, 1.54) is 12.1 Å². The van der Waals surface area contributed by atoms with Crippen molar-refractivity contribution in [2.24, 2.45) is 0 Å². The summed E-state index contributed by atoms with van der Waals surface area (Å²) in [4.78, 5) is 10.5. The lowest BCUT2D eigenvalue weighted by molar-refractivity contribution is -0.384. The number of hydrogen-bond acceptors (Lipinski definition) is 5. The van der Waals surface area contributed by atoms with E-state index in [1.807, 2.05) is 31.2 Å². The molecule has 0 amide bonds. The molecule has 0 bridgehead atoms. The third kappa shape index (κ3) is 3.62. The van der Waals surface area contributed by atoms with Crippen molar-refractivity contribution in [3.05, 3.63) is 63.7 Å². The van der Waals surface area contributed by atoms with Crippen molar-refractivity contribution in [1.82, 2.24) is 0 Å². The highest BCUT2D eigenvalue weighted by Gasteiger charge is 2.18. The molecule has 2 aromatic rings. The standard InChI is InChI=1S/C15H16N2O4S/c1-11-5-3-4-6-12(11)10-16-14-8-7-13(22(2,20)21)9-15(14)17(18)19/h3-9,16H,10H2,1-2H3. The van der Waals surface area contributed by atoms with Crippen LogP contribution in [0.1, 0.15) is 11.1 Å². The van der Waals surface area contributed by atoms with Gasteiger partial charge in [0.2, 0.25) is 0 Å². The number of nitro groups is 1. The van der Waals surface area contributed by atoms with E-state index in [-0.39, 0.29) is 10.6 Å². The zero-order valence-electron chi connectivity index (χ0n) is 12.2. The minimum absolute atomic E-state index is 0.0689. The fourth-order valence-electron chi connectivity index (χ4n) is 2.04. The van der Waals surface area contributed by atoms with Crippen molar-refractivity contribution in [2.75, 3.05) is 11.6 Å². The molecule has 0 spiro atoms. The quantitative estimate of drug-likeness (QED) is 0.676. The number of anilines is 1. The summed E-state index contributed by atoms with van der Waals surface area (Å²) in [6.07, 6.45) is 1.02. The van der Waals surface area contributed by atoms with Crippen molar-refractivity contribution in [3.63, 3.8) is 0 Å². The van der Waals surface area contributed by atoms with Crippen LogP contribution >= 0.6 is 0 Å². The maximum absolute atomic E-state index is 11.5. The topological polar surface area (TPSA) is 89.3 Å². The second-order valence-corrected chi connectivity index (χ2v) is 7.00. The molecule has 1 N–H and O–H groups in total. The summed E-state index contributed by atoms with van der Waals surface area (Å²) in [5, 5.41) is 14.1. The van der Waals surface area contributed by atoms with Gasteiger partial charge in [-0.05, 0) is 30.2 Å². The van der Waals surface area contributed by atoms with Crippen LogP contribution in [-0.2, 0) is 16.4 Å². The van der Waals surface area contributed by atoms with Gasteiger partial charge in [0, 0.05) is 18.9 Å². The van der Waals surface area contributed by atoms with Crippen LogP contribution in [0.25, 0.3) is 0 Å². The van der Waals surface area contributed by atoms with Gasteiger partial charge in [0.25, 0.3) is 5.69 Å². The molecule has 0 atom stereocenters. The van der Waals surface area contributed by atoms with Gasteiger partial charge in [0.15, 0.2) is 9.84 Å². The van der Waals surface area contributed by atoms with E-state index in [0.717, 1.165) is 23.4 Å². The predicted molar refractivity (Wildman–Crippen MR) is 84.7 cm³/mol. The number of nitro benzene ring substituents is 1. The number of aryl methyl sites for hydroxylation is 1. The molecule has 0 heterocycles. The summed E-state index contributed by atoms with van der Waals surface area (Å²) >= 11 is 0. The Morgan fingerprint density at radius 3 is 2.45 bits per heavy atom. The van der Waals surface area contributed by atoms with Gasteiger partial charge < -0.3 is 5.32 Å². The summed E-state index contributed by atoms with van der Waals surface area (Å²) < 4.78 is 23.0. The van der Waals surface area contributed by atoms with Crippen molar-refractivity contribution in [1.29, 1.82) is 0 Å². The molecule has 7 heteroatoms. The molecule has 0 aliphatic heterocycles. The number of sulfone groups is 1. The zero-order valence-corrected chi connectivity index (χ0v) is 13.1. The van der Waals surface area contributed by atoms with Crippen LogP contribution in [0, 0.1) is 17.0 Å². The summed E-state index contributed by atoms with van der Waals surface area (Å²) in [6, 6.07) is 11.6. The Kier molecular flexibility index (Phi) is 4.46. The molecule has 0 saturated carbocycles. The number of benzene rings is 2. The second-order valence-electron chi connectivity index (χ2n) is 4.99. The number of hydrogen-bond donors (Lipinski definition) is 1. The van der Waals surface area contributed by atoms with Gasteiger partial charge in [-0.15, -0.1) is 0 Å². The SMILES string of the molecule is Cc1ccccc1CNc1ccc(S(C)(=O)=O)cc1[N+](=O)[O-]. The largest absolute Gasteiger partial charge is 0.375 e. The predicted octanol–water partition coefficient (Wildman–Crippen LogP) is 2.92. The van der Waals surface area contributed by atoms with Crippen LogP contribution in [0.4, 0.5) is 11.4 Å². The molecule has 2 aromatic carbocycles. The third-order valence-electron chi connectivity index (χ3n) is 3.32. The van der Waals surface area contributed by atoms with Crippen LogP contribution in [-0.4, -0.2) is 19.6 Å². The molecule has 116 valence electrons. The molecule has 0 saturated heterocycles. The zero-order chi connectivity index (χ0) is 16.3. The maximum Gasteiger partial charge on any atom is 0.293 e. The first-order valence-electron chi connectivity index (χ1n) is 6.56. The number of rotatable bonds is 5. The van der Waals surface area contributed by atoms with Gasteiger partial charge >= 0.3 is 0 Å². The molecule has 0 aliphatic rings. The van der Waals surface area contributed by atoms with Gasteiger partial charge in [0.1, 0.15) is 5.69 Å². The Labute approximate surface area is 128 Å². The van der Waals surface area contributed by atoms with Crippen LogP contribution < -0.4 is 5.32 Å². The summed E-state index contributed by atoms with van der Waals surface area (Å²) in [5.41, 5.74) is 2.13. The first kappa shape index (κ1) is 16.0. The van der Waals surface area contributed by atoms with E-state index in [1.54, 1.807) is 0 Å². The molecule has 0 radical (unpaired) electrons. The molecule has 2 rings (SSSR count). The highest BCUT2D eigenvalue weighted by molar-refractivity contribution is 7.90. The van der Waals surface area contributed by atoms with E-state index in [2.05, 4.69) is 5.32 Å². The Bertz CT molecular complexity index is 816. The van der Waals surface area contributed by atoms with Crippen LogP contribution in [0.15, 0.2) is 47.4 Å². The van der Waals surface area contributed by atoms with Crippen molar-refractivity contribution in [3.8, 4) is 0 Å². The minimum atomic E-state index is -3.48. The molecular weight excluding hydrogens is 304 g/mol. The van der Waals surface area contributed by atoms with E-state index < -0.39 is 14.8 Å². The van der Waals surface area contributed by atoms with Gasteiger partial charge in [-0.2, -0.15) is 0 Å². The minimum Gasteiger partial charge on any atom is -0.375 e. The van der Waals surface area contributed by atoms with Gasteiger partial charge in [-0.3, -0.25) is 10.1 Å². The van der Waals surface area contributed by atoms with Crippen LogP contribution in [0.5, 0.6) is 0 Å². The molecule has 0 aliphatic carbocycles. The number of nitrogens with one attached hydrogen (secondary N) is 1. The Morgan fingerprint density at radius 1 is 1.18 bits per heavy atom. The van der Waals surface area contributed by atoms with E-state index in [4.69, 9.17) is 0 Å². The fraction of sp³-hybridized carbons (Fsp3) is 0.200. The highest BCUT2D eigenvalue weighted by atomic mass is 32.2. The van der Waals surface area contributed by atoms with Crippen molar-refractivity contribution in [2.45, 2.75) is 18.4 Å². The molecule has 0 aromatic heterocycles.